The zero-order valence-corrected chi connectivity index (χ0v) is 27.5. The summed E-state index contributed by atoms with van der Waals surface area (Å²) >= 11 is 1.58. The molecule has 1 aromatic carbocycles. The van der Waals surface area contributed by atoms with Crippen LogP contribution in [0.4, 0.5) is 5.69 Å². The molecule has 2 amide bonds. The molecule has 0 bridgehead atoms. The van der Waals surface area contributed by atoms with Crippen LogP contribution in [0.1, 0.15) is 58.3 Å². The van der Waals surface area contributed by atoms with E-state index in [4.69, 9.17) is 9.47 Å². The van der Waals surface area contributed by atoms with Crippen LogP contribution in [0.2, 0.25) is 0 Å². The number of likely N-dealkylation sites (tertiary alicyclic amines) is 1. The van der Waals surface area contributed by atoms with E-state index in [1.807, 2.05) is 53.5 Å². The van der Waals surface area contributed by atoms with Gasteiger partial charge in [-0.25, -0.2) is 9.59 Å². The fourth-order valence-corrected chi connectivity index (χ4v) is 6.93. The van der Waals surface area contributed by atoms with Crippen molar-refractivity contribution in [2.75, 3.05) is 39.8 Å². The molecule has 3 aliphatic rings. The van der Waals surface area contributed by atoms with Crippen molar-refractivity contribution in [2.24, 2.45) is 11.8 Å². The number of ether oxygens (including phenoxy) is 2. The number of anilines is 1. The number of fused-ring (bicyclic) bond motifs is 1. The summed E-state index contributed by atoms with van der Waals surface area (Å²) in [6, 6.07) is 6.41. The average molecular weight is 613 g/mol. The minimum Gasteiger partial charge on any atom is -0.465 e. The van der Waals surface area contributed by atoms with Crippen LogP contribution >= 0.6 is 11.8 Å². The monoisotopic (exact) mass is 612 g/mol. The van der Waals surface area contributed by atoms with Gasteiger partial charge in [-0.15, -0.1) is 11.8 Å². The van der Waals surface area contributed by atoms with E-state index in [1.54, 1.807) is 52.9 Å². The molecule has 3 heterocycles. The topological polar surface area (TPSA) is 96.5 Å². The first-order valence-electron chi connectivity index (χ1n) is 13.6. The van der Waals surface area contributed by atoms with E-state index in [1.165, 1.54) is 14.2 Å². The maximum absolute atomic E-state index is 13.4. The molecule has 5 unspecified atom stereocenters. The zero-order valence-electron chi connectivity index (χ0n) is 25.3. The summed E-state index contributed by atoms with van der Waals surface area (Å²) in [5.74, 6) is -1.17. The summed E-state index contributed by atoms with van der Waals surface area (Å²) < 4.78 is 9.79. The molecule has 2 fully saturated rings. The van der Waals surface area contributed by atoms with Crippen LogP contribution in [0.3, 0.4) is 0 Å². The molecular weight excluding hydrogens is 569 g/mol. The summed E-state index contributed by atoms with van der Waals surface area (Å²) in [5, 5.41) is 0.0740. The van der Waals surface area contributed by atoms with Gasteiger partial charge in [0.05, 0.1) is 37.8 Å². The molecule has 3 aliphatic heterocycles. The second-order valence-corrected chi connectivity index (χ2v) is 10.7. The van der Waals surface area contributed by atoms with Crippen molar-refractivity contribution in [2.45, 2.75) is 65.3 Å². The number of methoxy groups -OCH3 is 2. The fourth-order valence-electron chi connectivity index (χ4n) is 5.33. The van der Waals surface area contributed by atoms with Crippen LogP contribution in [0.5, 0.6) is 0 Å². The summed E-state index contributed by atoms with van der Waals surface area (Å²) in [4.78, 5) is 56.4. The van der Waals surface area contributed by atoms with Gasteiger partial charge in [-0.1, -0.05) is 47.6 Å². The Morgan fingerprint density at radius 2 is 1.60 bits per heavy atom. The predicted molar refractivity (Wildman–Crippen MR) is 154 cm³/mol. The second-order valence-electron chi connectivity index (χ2n) is 9.35. The minimum absolute atomic E-state index is 0. The van der Waals surface area contributed by atoms with Gasteiger partial charge in [0.1, 0.15) is 5.70 Å². The maximum atomic E-state index is 13.4. The number of carbonyl (C=O) groups is 4. The van der Waals surface area contributed by atoms with Gasteiger partial charge >= 0.3 is 11.9 Å². The quantitative estimate of drug-likeness (QED) is 0.349. The Morgan fingerprint density at radius 1 is 1.00 bits per heavy atom. The Morgan fingerprint density at radius 3 is 2.17 bits per heavy atom. The number of rotatable bonds is 6. The van der Waals surface area contributed by atoms with Gasteiger partial charge < -0.3 is 19.3 Å². The first-order valence-corrected chi connectivity index (χ1v) is 14.5. The molecule has 1 aromatic rings. The van der Waals surface area contributed by atoms with E-state index >= 15 is 0 Å². The van der Waals surface area contributed by atoms with Crippen molar-refractivity contribution in [3.8, 4) is 0 Å². The van der Waals surface area contributed by atoms with Crippen molar-refractivity contribution in [1.29, 1.82) is 0 Å². The number of hydrogen-bond acceptors (Lipinski definition) is 8. The maximum Gasteiger partial charge on any atom is 0.355 e. The van der Waals surface area contributed by atoms with Crippen molar-refractivity contribution < 1.29 is 47.2 Å². The second kappa shape index (κ2) is 15.7. The Kier molecular flexibility index (Phi) is 14.0. The third kappa shape index (κ3) is 6.78. The molecule has 4 rings (SSSR count). The van der Waals surface area contributed by atoms with E-state index in [2.05, 4.69) is 0 Å². The molecule has 5 atom stereocenters. The van der Waals surface area contributed by atoms with E-state index < -0.39 is 11.9 Å². The molecule has 0 aliphatic carbocycles. The van der Waals surface area contributed by atoms with Crippen LogP contribution in [0.15, 0.2) is 34.9 Å². The molecule has 40 heavy (non-hydrogen) atoms. The summed E-state index contributed by atoms with van der Waals surface area (Å²) in [7, 11) is 6.25. The van der Waals surface area contributed by atoms with Crippen molar-refractivity contribution in [3.05, 3.63) is 40.4 Å². The molecular formula is C29H43N3O6SV. The van der Waals surface area contributed by atoms with Crippen molar-refractivity contribution >= 4 is 41.2 Å². The van der Waals surface area contributed by atoms with Crippen molar-refractivity contribution in [3.63, 3.8) is 0 Å². The first-order chi connectivity index (χ1) is 18.6. The third-order valence-corrected chi connectivity index (χ3v) is 8.78. The average Bonchev–Trinajstić information content (AvgIpc) is 3.47. The van der Waals surface area contributed by atoms with Crippen LogP contribution in [-0.4, -0.2) is 85.7 Å². The number of nitrogens with zero attached hydrogens (tertiary/aromatic N) is 3. The van der Waals surface area contributed by atoms with Gasteiger partial charge in [0.2, 0.25) is 11.8 Å². The number of carbonyl (C=O) groups excluding carboxylic acids is 4. The Hall–Kier alpha value is -2.27. The van der Waals surface area contributed by atoms with Crippen LogP contribution < -0.4 is 4.90 Å². The van der Waals surface area contributed by atoms with E-state index in [9.17, 15) is 19.2 Å². The number of amides is 2. The summed E-state index contributed by atoms with van der Waals surface area (Å²) in [5.41, 5.74) is 1.34. The van der Waals surface area contributed by atoms with Crippen LogP contribution in [-0.2, 0) is 42.4 Å². The van der Waals surface area contributed by atoms with Gasteiger partial charge in [0, 0.05) is 53.9 Å². The Balaban J connectivity index is 0.00000153. The Labute approximate surface area is 254 Å². The molecule has 11 heteroatoms. The number of β-lactam (4-membered cyclic amide) rings is 1. The number of esters is 2. The van der Waals surface area contributed by atoms with Gasteiger partial charge in [-0.3, -0.25) is 14.5 Å². The fraction of sp³-hybridized carbons (Fsp3) is 0.586. The number of hydrogen-bond donors (Lipinski definition) is 0. The normalized spacial score (nSPS) is 24.8. The minimum atomic E-state index is -0.494. The number of likely N-dealkylation sites (N-methyl/N-ethyl adjacent to an activating group) is 2. The van der Waals surface area contributed by atoms with Crippen molar-refractivity contribution in [1.82, 2.24) is 9.80 Å². The largest absolute Gasteiger partial charge is 0.465 e. The zero-order chi connectivity index (χ0) is 29.6. The first kappa shape index (κ1) is 35.8. The van der Waals surface area contributed by atoms with E-state index in [0.717, 1.165) is 4.91 Å². The molecule has 0 saturated carbocycles. The molecule has 0 spiro atoms. The summed E-state index contributed by atoms with van der Waals surface area (Å²) in [6.07, 6.45) is 0.597. The molecule has 1 radical (unpaired) electrons. The molecule has 9 nitrogen and oxygen atoms in total. The van der Waals surface area contributed by atoms with Gasteiger partial charge in [0.15, 0.2) is 0 Å². The van der Waals surface area contributed by atoms with Crippen LogP contribution in [0, 0.1) is 11.8 Å². The Bertz CT molecular complexity index is 1110. The molecule has 2 saturated heterocycles. The SMILES string of the molecule is CC.CC.COC(=O)C1=C(SC2CC(C(=O)N(C)c3cccc(C(=O)OC)c3)N(C)C2)C(C)C2C(C)C(=O)N12.[V]. The van der Waals surface area contributed by atoms with Gasteiger partial charge in [-0.05, 0) is 31.7 Å². The number of benzene rings is 1. The van der Waals surface area contributed by atoms with Gasteiger partial charge in [0.25, 0.3) is 0 Å². The van der Waals surface area contributed by atoms with Crippen LogP contribution in [0.25, 0.3) is 0 Å². The van der Waals surface area contributed by atoms with E-state index in [0.29, 0.717) is 29.9 Å². The van der Waals surface area contributed by atoms with E-state index in [-0.39, 0.29) is 59.5 Å². The van der Waals surface area contributed by atoms with Gasteiger partial charge in [-0.2, -0.15) is 0 Å². The number of thioether (sulfide) groups is 1. The summed E-state index contributed by atoms with van der Waals surface area (Å²) in [6.45, 7) is 12.6. The standard InChI is InChI=1S/C25H31N3O6S.2C2H6.V/c1-13-19-14(2)22(29)28(19)20(25(32)34-6)21(13)35-17-11-18(26(3)12-17)23(30)27(4)16-9-7-8-15(10-16)24(31)33-5;2*1-2;/h7-10,13-14,17-19H,11-12H2,1-6H3;2*1-2H3;. The smallest absolute Gasteiger partial charge is 0.355 e. The predicted octanol–water partition coefficient (Wildman–Crippen LogP) is 4.17. The molecule has 0 aromatic heterocycles. The third-order valence-electron chi connectivity index (χ3n) is 7.29. The molecule has 0 N–H and O–H groups in total. The molecule has 221 valence electrons.